The summed E-state index contributed by atoms with van der Waals surface area (Å²) >= 11 is 1.59. The van der Waals surface area contributed by atoms with Crippen molar-refractivity contribution in [1.82, 2.24) is 9.88 Å². The van der Waals surface area contributed by atoms with Crippen LogP contribution in [-0.4, -0.2) is 43.0 Å². The third kappa shape index (κ3) is 5.06. The van der Waals surface area contributed by atoms with Gasteiger partial charge in [0.2, 0.25) is 0 Å². The first kappa shape index (κ1) is 20.2. The summed E-state index contributed by atoms with van der Waals surface area (Å²) in [5.74, 6) is -0.0314. The maximum absolute atomic E-state index is 13.0. The number of carbonyl (C=O) groups is 1. The SMILES string of the molecule is Cc1cc(C)c2nc(N(CCCN(C)C)C(=O)C=Cc3ccccc3)sc2c1. The van der Waals surface area contributed by atoms with Gasteiger partial charge in [-0.15, -0.1) is 0 Å². The molecule has 0 bridgehead atoms. The van der Waals surface area contributed by atoms with Gasteiger partial charge in [-0.2, -0.15) is 0 Å². The number of amides is 1. The Kier molecular flexibility index (Phi) is 6.60. The lowest BCUT2D eigenvalue weighted by Crippen LogP contribution is -2.32. The molecular weight excluding hydrogens is 366 g/mol. The van der Waals surface area contributed by atoms with Crippen molar-refractivity contribution in [3.63, 3.8) is 0 Å². The lowest BCUT2D eigenvalue weighted by atomic mass is 10.1. The van der Waals surface area contributed by atoms with Gasteiger partial charge in [-0.1, -0.05) is 47.7 Å². The Morgan fingerprint density at radius 1 is 1.11 bits per heavy atom. The summed E-state index contributed by atoms with van der Waals surface area (Å²) in [5.41, 5.74) is 4.37. The van der Waals surface area contributed by atoms with Gasteiger partial charge >= 0.3 is 0 Å². The minimum atomic E-state index is -0.0314. The van der Waals surface area contributed by atoms with Gasteiger partial charge in [0.1, 0.15) is 0 Å². The molecule has 2 aromatic carbocycles. The number of anilines is 1. The van der Waals surface area contributed by atoms with E-state index in [1.54, 1.807) is 17.4 Å². The number of hydrogen-bond donors (Lipinski definition) is 0. The smallest absolute Gasteiger partial charge is 0.252 e. The summed E-state index contributed by atoms with van der Waals surface area (Å²) in [7, 11) is 4.09. The number of aromatic nitrogens is 1. The maximum Gasteiger partial charge on any atom is 0.252 e. The van der Waals surface area contributed by atoms with Crippen LogP contribution in [0.2, 0.25) is 0 Å². The van der Waals surface area contributed by atoms with Gasteiger partial charge in [0.15, 0.2) is 5.13 Å². The minimum absolute atomic E-state index is 0.0314. The van der Waals surface area contributed by atoms with E-state index in [2.05, 4.69) is 30.9 Å². The third-order valence-corrected chi connectivity index (χ3v) is 5.55. The minimum Gasteiger partial charge on any atom is -0.309 e. The highest BCUT2D eigenvalue weighted by atomic mass is 32.1. The summed E-state index contributed by atoms with van der Waals surface area (Å²) in [6.45, 7) is 5.74. The number of benzene rings is 2. The molecule has 0 spiro atoms. The average molecular weight is 394 g/mol. The second-order valence-electron chi connectivity index (χ2n) is 7.32. The Bertz CT molecular complexity index is 976. The molecule has 0 N–H and O–H groups in total. The van der Waals surface area contributed by atoms with Crippen molar-refractivity contribution in [3.8, 4) is 0 Å². The van der Waals surface area contributed by atoms with E-state index >= 15 is 0 Å². The van der Waals surface area contributed by atoms with Crippen molar-refractivity contribution in [1.29, 1.82) is 0 Å². The summed E-state index contributed by atoms with van der Waals surface area (Å²) in [5, 5.41) is 0.769. The zero-order chi connectivity index (χ0) is 20.1. The Balaban J connectivity index is 1.89. The van der Waals surface area contributed by atoms with Crippen LogP contribution >= 0.6 is 11.3 Å². The molecular formula is C23H27N3OS. The maximum atomic E-state index is 13.0. The van der Waals surface area contributed by atoms with E-state index in [1.807, 2.05) is 55.4 Å². The van der Waals surface area contributed by atoms with Gasteiger partial charge in [0.05, 0.1) is 10.2 Å². The van der Waals surface area contributed by atoms with E-state index in [4.69, 9.17) is 4.98 Å². The number of carbonyl (C=O) groups excluding carboxylic acids is 1. The number of aryl methyl sites for hydroxylation is 2. The number of thiazole rings is 1. The Morgan fingerprint density at radius 3 is 2.57 bits per heavy atom. The molecule has 0 unspecified atom stereocenters. The number of rotatable bonds is 7. The van der Waals surface area contributed by atoms with Crippen LogP contribution in [0.25, 0.3) is 16.3 Å². The molecule has 0 saturated carbocycles. The van der Waals surface area contributed by atoms with Crippen LogP contribution in [0.15, 0.2) is 48.5 Å². The molecule has 0 fully saturated rings. The molecule has 0 aliphatic heterocycles. The van der Waals surface area contributed by atoms with E-state index in [0.29, 0.717) is 6.54 Å². The molecule has 0 saturated heterocycles. The molecule has 3 rings (SSSR count). The normalized spacial score (nSPS) is 11.6. The molecule has 0 aliphatic rings. The van der Waals surface area contributed by atoms with Crippen LogP contribution in [-0.2, 0) is 4.79 Å². The second kappa shape index (κ2) is 9.13. The van der Waals surface area contributed by atoms with Crippen molar-refractivity contribution in [2.45, 2.75) is 20.3 Å². The first-order valence-corrected chi connectivity index (χ1v) is 10.3. The average Bonchev–Trinajstić information content (AvgIpc) is 3.08. The molecule has 3 aromatic rings. The molecule has 4 nitrogen and oxygen atoms in total. The fourth-order valence-corrected chi connectivity index (χ4v) is 4.31. The quantitative estimate of drug-likeness (QED) is 0.535. The molecule has 1 amide bonds. The van der Waals surface area contributed by atoms with Crippen molar-refractivity contribution < 1.29 is 4.79 Å². The van der Waals surface area contributed by atoms with Gasteiger partial charge in [-0.05, 0) is 69.7 Å². The topological polar surface area (TPSA) is 36.4 Å². The zero-order valence-corrected chi connectivity index (χ0v) is 17.8. The lowest BCUT2D eigenvalue weighted by molar-refractivity contribution is -0.114. The summed E-state index contributed by atoms with van der Waals surface area (Å²) in [4.78, 5) is 21.8. The molecule has 1 aromatic heterocycles. The fraction of sp³-hybridized carbons (Fsp3) is 0.304. The highest BCUT2D eigenvalue weighted by Crippen LogP contribution is 2.32. The van der Waals surface area contributed by atoms with Crippen LogP contribution in [0.3, 0.4) is 0 Å². The van der Waals surface area contributed by atoms with Crippen molar-refractivity contribution in [3.05, 3.63) is 65.2 Å². The van der Waals surface area contributed by atoms with Crippen molar-refractivity contribution in [2.75, 3.05) is 32.1 Å². The Morgan fingerprint density at radius 2 is 1.86 bits per heavy atom. The Labute approximate surface area is 171 Å². The van der Waals surface area contributed by atoms with Crippen molar-refractivity contribution >= 4 is 38.7 Å². The van der Waals surface area contributed by atoms with Crippen LogP contribution in [0.5, 0.6) is 0 Å². The fourth-order valence-electron chi connectivity index (χ4n) is 3.14. The largest absolute Gasteiger partial charge is 0.309 e. The van der Waals surface area contributed by atoms with Gasteiger partial charge in [0, 0.05) is 12.6 Å². The predicted molar refractivity (Wildman–Crippen MR) is 120 cm³/mol. The van der Waals surface area contributed by atoms with E-state index in [-0.39, 0.29) is 5.91 Å². The number of nitrogens with zero attached hydrogens (tertiary/aromatic N) is 3. The molecule has 0 radical (unpaired) electrons. The first-order chi connectivity index (χ1) is 13.4. The number of fused-ring (bicyclic) bond motifs is 1. The molecule has 0 atom stereocenters. The van der Waals surface area contributed by atoms with E-state index in [1.165, 1.54) is 5.56 Å². The highest BCUT2D eigenvalue weighted by Gasteiger charge is 2.18. The van der Waals surface area contributed by atoms with Gasteiger partial charge in [0.25, 0.3) is 5.91 Å². The van der Waals surface area contributed by atoms with E-state index in [0.717, 1.165) is 39.4 Å². The Hall–Kier alpha value is -2.50. The van der Waals surface area contributed by atoms with Gasteiger partial charge in [-0.25, -0.2) is 4.98 Å². The monoisotopic (exact) mass is 393 g/mol. The summed E-state index contributed by atoms with van der Waals surface area (Å²) in [6.07, 6.45) is 4.41. The lowest BCUT2D eigenvalue weighted by Gasteiger charge is -2.19. The molecule has 28 heavy (non-hydrogen) atoms. The van der Waals surface area contributed by atoms with Crippen LogP contribution in [0, 0.1) is 13.8 Å². The molecule has 0 aliphatic carbocycles. The summed E-state index contributed by atoms with van der Waals surface area (Å²) in [6, 6.07) is 14.2. The van der Waals surface area contributed by atoms with E-state index in [9.17, 15) is 4.79 Å². The standard InChI is InChI=1S/C23H27N3OS/c1-17-15-18(2)22-20(16-17)28-23(24-22)26(14-8-13-25(3)4)21(27)12-11-19-9-6-5-7-10-19/h5-7,9-12,15-16H,8,13-14H2,1-4H3. The molecule has 146 valence electrons. The zero-order valence-electron chi connectivity index (χ0n) is 17.0. The second-order valence-corrected chi connectivity index (χ2v) is 8.32. The van der Waals surface area contributed by atoms with Crippen LogP contribution < -0.4 is 4.90 Å². The van der Waals surface area contributed by atoms with Gasteiger partial charge in [-0.3, -0.25) is 9.69 Å². The predicted octanol–water partition coefficient (Wildman–Crippen LogP) is 4.91. The third-order valence-electron chi connectivity index (χ3n) is 4.52. The summed E-state index contributed by atoms with van der Waals surface area (Å²) < 4.78 is 1.13. The molecule has 5 heteroatoms. The van der Waals surface area contributed by atoms with E-state index < -0.39 is 0 Å². The highest BCUT2D eigenvalue weighted by molar-refractivity contribution is 7.22. The van der Waals surface area contributed by atoms with Gasteiger partial charge < -0.3 is 4.90 Å². The van der Waals surface area contributed by atoms with Crippen LogP contribution in [0.4, 0.5) is 5.13 Å². The van der Waals surface area contributed by atoms with Crippen LogP contribution in [0.1, 0.15) is 23.1 Å². The first-order valence-electron chi connectivity index (χ1n) is 9.51. The number of hydrogen-bond acceptors (Lipinski definition) is 4. The molecule has 1 heterocycles. The van der Waals surface area contributed by atoms with Crippen molar-refractivity contribution in [2.24, 2.45) is 0 Å².